The maximum absolute atomic E-state index is 10.6. The van der Waals surface area contributed by atoms with Crippen LogP contribution < -0.4 is 10.6 Å². The van der Waals surface area contributed by atoms with Crippen molar-refractivity contribution in [3.8, 4) is 0 Å². The highest BCUT2D eigenvalue weighted by Gasteiger charge is 2.20. The molecule has 0 aromatic heterocycles. The van der Waals surface area contributed by atoms with Crippen LogP contribution in [0.4, 0.5) is 5.69 Å². The number of nitro benzene ring substituents is 1. The minimum absolute atomic E-state index is 0.0205. The number of aliphatic hydroxyl groups excluding tert-OH is 2. The van der Waals surface area contributed by atoms with E-state index in [4.69, 9.17) is 0 Å². The largest absolute Gasteiger partial charge is 0.395 e. The highest BCUT2D eigenvalue weighted by Crippen LogP contribution is 2.20. The lowest BCUT2D eigenvalue weighted by atomic mass is 10.0. The molecule has 2 atom stereocenters. The van der Waals surface area contributed by atoms with Crippen LogP contribution in [0.25, 0.3) is 0 Å². The predicted octanol–water partition coefficient (Wildman–Crippen LogP) is 2.38. The minimum Gasteiger partial charge on any atom is -0.395 e. The van der Waals surface area contributed by atoms with E-state index in [0.717, 1.165) is 25.9 Å². The van der Waals surface area contributed by atoms with Crippen LogP contribution in [-0.4, -0.2) is 47.4 Å². The fourth-order valence-electron chi connectivity index (χ4n) is 2.14. The summed E-state index contributed by atoms with van der Waals surface area (Å²) in [6.45, 7) is 8.70. The average Bonchev–Trinajstić information content (AvgIpc) is 2.61. The number of hydrogen-bond donors (Lipinski definition) is 4. The third-order valence-electron chi connectivity index (χ3n) is 3.46. The molecule has 0 heterocycles. The molecule has 0 spiro atoms. The van der Waals surface area contributed by atoms with Crippen molar-refractivity contribution in [1.29, 1.82) is 0 Å². The number of nitro groups is 1. The summed E-state index contributed by atoms with van der Waals surface area (Å²) >= 11 is 0. The summed E-state index contributed by atoms with van der Waals surface area (Å²) in [5.74, 6) is 0. The molecule has 0 aliphatic rings. The zero-order valence-corrected chi connectivity index (χ0v) is 15.6. The Morgan fingerprint density at radius 1 is 1.12 bits per heavy atom. The lowest BCUT2D eigenvalue weighted by Gasteiger charge is -2.22. The molecule has 7 nitrogen and oxygen atoms in total. The quantitative estimate of drug-likeness (QED) is 0.276. The van der Waals surface area contributed by atoms with Gasteiger partial charge in [-0.3, -0.25) is 10.1 Å². The second kappa shape index (κ2) is 14.8. The van der Waals surface area contributed by atoms with E-state index in [1.54, 1.807) is 0 Å². The molecule has 0 saturated heterocycles. The first kappa shape index (κ1) is 23.5. The first-order valence-corrected chi connectivity index (χ1v) is 8.99. The molecule has 0 fully saturated rings. The molecule has 0 aliphatic carbocycles. The van der Waals surface area contributed by atoms with Crippen LogP contribution in [0.5, 0.6) is 0 Å². The molecule has 1 aromatic carbocycles. The molecule has 0 aliphatic heterocycles. The smallest absolute Gasteiger partial charge is 0.269 e. The SMILES string of the molecule is CCC.CCNCCCCN[C@H](CO)[C@H](O)c1ccc([N+](=O)[O-])cc1. The average molecular weight is 355 g/mol. The zero-order chi connectivity index (χ0) is 19.1. The molecule has 144 valence electrons. The van der Waals surface area contributed by atoms with Crippen molar-refractivity contribution in [3.05, 3.63) is 39.9 Å². The molecule has 0 radical (unpaired) electrons. The van der Waals surface area contributed by atoms with Crippen molar-refractivity contribution in [2.45, 2.75) is 52.2 Å². The van der Waals surface area contributed by atoms with Crippen LogP contribution in [0, 0.1) is 10.1 Å². The third kappa shape index (κ3) is 10.1. The maximum Gasteiger partial charge on any atom is 0.269 e. The Morgan fingerprint density at radius 2 is 1.68 bits per heavy atom. The van der Waals surface area contributed by atoms with Gasteiger partial charge < -0.3 is 20.8 Å². The van der Waals surface area contributed by atoms with Gasteiger partial charge in [0.2, 0.25) is 0 Å². The van der Waals surface area contributed by atoms with Crippen LogP contribution in [-0.2, 0) is 0 Å². The predicted molar refractivity (Wildman–Crippen MR) is 101 cm³/mol. The molecule has 1 aromatic rings. The number of nitrogens with one attached hydrogen (secondary N) is 2. The fraction of sp³-hybridized carbons (Fsp3) is 0.667. The molecule has 1 rings (SSSR count). The van der Waals surface area contributed by atoms with Gasteiger partial charge in [0.1, 0.15) is 0 Å². The van der Waals surface area contributed by atoms with Gasteiger partial charge in [-0.15, -0.1) is 0 Å². The number of hydrogen-bond acceptors (Lipinski definition) is 6. The Morgan fingerprint density at radius 3 is 2.16 bits per heavy atom. The Hall–Kier alpha value is -1.54. The van der Waals surface area contributed by atoms with Crippen molar-refractivity contribution >= 4 is 5.69 Å². The molecule has 0 unspecified atom stereocenters. The van der Waals surface area contributed by atoms with Gasteiger partial charge in [-0.05, 0) is 50.2 Å². The summed E-state index contributed by atoms with van der Waals surface area (Å²) in [6, 6.07) is 5.24. The number of unbranched alkanes of at least 4 members (excludes halogenated alkanes) is 1. The zero-order valence-electron chi connectivity index (χ0n) is 15.6. The van der Waals surface area contributed by atoms with Gasteiger partial charge in [-0.25, -0.2) is 0 Å². The number of nitrogens with zero attached hydrogens (tertiary/aromatic N) is 1. The van der Waals surface area contributed by atoms with Gasteiger partial charge in [0.05, 0.1) is 23.7 Å². The van der Waals surface area contributed by atoms with Crippen molar-refractivity contribution in [2.75, 3.05) is 26.2 Å². The van der Waals surface area contributed by atoms with Crippen molar-refractivity contribution in [1.82, 2.24) is 10.6 Å². The van der Waals surface area contributed by atoms with Crippen LogP contribution in [0.15, 0.2) is 24.3 Å². The van der Waals surface area contributed by atoms with E-state index in [1.807, 2.05) is 0 Å². The van der Waals surface area contributed by atoms with E-state index in [2.05, 4.69) is 31.4 Å². The Labute approximate surface area is 150 Å². The van der Waals surface area contributed by atoms with Gasteiger partial charge in [0.25, 0.3) is 5.69 Å². The van der Waals surface area contributed by atoms with Gasteiger partial charge in [0, 0.05) is 12.1 Å². The molecule has 0 bridgehead atoms. The molecular weight excluding hydrogens is 322 g/mol. The molecule has 25 heavy (non-hydrogen) atoms. The monoisotopic (exact) mass is 355 g/mol. The van der Waals surface area contributed by atoms with E-state index in [-0.39, 0.29) is 12.3 Å². The molecule has 7 heteroatoms. The summed E-state index contributed by atoms with van der Waals surface area (Å²) < 4.78 is 0. The lowest BCUT2D eigenvalue weighted by Crippen LogP contribution is -2.38. The maximum atomic E-state index is 10.6. The van der Waals surface area contributed by atoms with Crippen LogP contribution in [0.2, 0.25) is 0 Å². The summed E-state index contributed by atoms with van der Waals surface area (Å²) in [5, 5.41) is 36.6. The molecule has 4 N–H and O–H groups in total. The second-order valence-electron chi connectivity index (χ2n) is 5.80. The van der Waals surface area contributed by atoms with E-state index in [1.165, 1.54) is 30.7 Å². The minimum atomic E-state index is -0.903. The van der Waals surface area contributed by atoms with Crippen LogP contribution >= 0.6 is 0 Å². The van der Waals surface area contributed by atoms with Gasteiger partial charge >= 0.3 is 0 Å². The lowest BCUT2D eigenvalue weighted by molar-refractivity contribution is -0.384. The van der Waals surface area contributed by atoms with Gasteiger partial charge in [-0.1, -0.05) is 27.2 Å². The normalized spacial score (nSPS) is 12.8. The molecule has 0 saturated carbocycles. The Bertz CT molecular complexity index is 454. The van der Waals surface area contributed by atoms with Crippen molar-refractivity contribution in [2.24, 2.45) is 0 Å². The van der Waals surface area contributed by atoms with Gasteiger partial charge in [0.15, 0.2) is 0 Å². The standard InChI is InChI=1S/C15H25N3O4.C3H8/c1-2-16-9-3-4-10-17-14(11-19)15(20)12-5-7-13(8-6-12)18(21)22;1-3-2/h5-8,14-17,19-20H,2-4,9-11H2,1H3;3H2,1-2H3/t14-,15-;/m1./s1. The second-order valence-corrected chi connectivity index (χ2v) is 5.80. The number of aliphatic hydroxyl groups is 2. The molecular formula is C18H33N3O4. The molecule has 0 amide bonds. The van der Waals surface area contributed by atoms with E-state index >= 15 is 0 Å². The topological polar surface area (TPSA) is 108 Å². The van der Waals surface area contributed by atoms with Crippen molar-refractivity contribution < 1.29 is 15.1 Å². The summed E-state index contributed by atoms with van der Waals surface area (Å²) in [5.41, 5.74) is 0.526. The van der Waals surface area contributed by atoms with Gasteiger partial charge in [-0.2, -0.15) is 0 Å². The summed E-state index contributed by atoms with van der Waals surface area (Å²) in [7, 11) is 0. The highest BCUT2D eigenvalue weighted by molar-refractivity contribution is 5.34. The van der Waals surface area contributed by atoms with Crippen molar-refractivity contribution in [3.63, 3.8) is 0 Å². The Kier molecular flexibility index (Phi) is 13.9. The highest BCUT2D eigenvalue weighted by atomic mass is 16.6. The first-order valence-electron chi connectivity index (χ1n) is 8.99. The number of benzene rings is 1. The van der Waals surface area contributed by atoms with Crippen LogP contribution in [0.1, 0.15) is 51.7 Å². The number of non-ortho nitro benzene ring substituents is 1. The summed E-state index contributed by atoms with van der Waals surface area (Å²) in [6.07, 6.45) is 2.31. The van der Waals surface area contributed by atoms with E-state index in [9.17, 15) is 20.3 Å². The fourth-order valence-corrected chi connectivity index (χ4v) is 2.14. The van der Waals surface area contributed by atoms with E-state index < -0.39 is 17.1 Å². The first-order chi connectivity index (χ1) is 12.0. The Balaban J connectivity index is 0.00000178. The third-order valence-corrected chi connectivity index (χ3v) is 3.46. The number of rotatable bonds is 11. The summed E-state index contributed by atoms with van der Waals surface area (Å²) in [4.78, 5) is 10.1. The van der Waals surface area contributed by atoms with E-state index in [0.29, 0.717) is 12.1 Å². The van der Waals surface area contributed by atoms with Crippen LogP contribution in [0.3, 0.4) is 0 Å².